The summed E-state index contributed by atoms with van der Waals surface area (Å²) in [7, 11) is 0. The summed E-state index contributed by atoms with van der Waals surface area (Å²) < 4.78 is 13.0. The van der Waals surface area contributed by atoms with Crippen LogP contribution in [0.2, 0.25) is 0 Å². The Kier molecular flexibility index (Phi) is 3.65. The predicted molar refractivity (Wildman–Crippen MR) is 83.0 cm³/mol. The van der Waals surface area contributed by atoms with Crippen LogP contribution in [-0.2, 0) is 4.79 Å². The summed E-state index contributed by atoms with van der Waals surface area (Å²) in [6.45, 7) is 4.22. The van der Waals surface area contributed by atoms with Crippen LogP contribution in [0.5, 0.6) is 0 Å². The molecule has 2 aliphatic heterocycles. The van der Waals surface area contributed by atoms with Crippen LogP contribution in [0.4, 0.5) is 4.39 Å². The quantitative estimate of drug-likeness (QED) is 0.857. The van der Waals surface area contributed by atoms with E-state index in [2.05, 4.69) is 9.80 Å². The normalized spacial score (nSPS) is 31.7. The molecule has 0 spiro atoms. The highest BCUT2D eigenvalue weighted by molar-refractivity contribution is 5.83. The Labute approximate surface area is 131 Å². The first-order valence-electron chi connectivity index (χ1n) is 8.50. The van der Waals surface area contributed by atoms with Gasteiger partial charge in [-0.2, -0.15) is 0 Å². The predicted octanol–water partition coefficient (Wildman–Crippen LogP) is 2.63. The summed E-state index contributed by atoms with van der Waals surface area (Å²) in [6.07, 6.45) is 4.66. The Morgan fingerprint density at radius 3 is 2.55 bits per heavy atom. The summed E-state index contributed by atoms with van der Waals surface area (Å²) in [5, 5.41) is 0. The average molecular weight is 302 g/mol. The number of hydrogen-bond donors (Lipinski definition) is 0. The number of halogens is 1. The largest absolute Gasteiger partial charge is 0.341 e. The molecule has 1 amide bonds. The van der Waals surface area contributed by atoms with Gasteiger partial charge in [-0.05, 0) is 62.4 Å². The van der Waals surface area contributed by atoms with Gasteiger partial charge in [-0.15, -0.1) is 0 Å². The van der Waals surface area contributed by atoms with E-state index in [0.717, 1.165) is 31.5 Å². The van der Waals surface area contributed by atoms with Gasteiger partial charge in [0.2, 0.25) is 5.91 Å². The molecule has 2 saturated heterocycles. The minimum atomic E-state index is -0.208. The smallest absolute Gasteiger partial charge is 0.226 e. The van der Waals surface area contributed by atoms with Crippen molar-refractivity contribution in [3.05, 3.63) is 35.6 Å². The first-order chi connectivity index (χ1) is 10.7. The van der Waals surface area contributed by atoms with Crippen molar-refractivity contribution in [1.82, 2.24) is 9.80 Å². The van der Waals surface area contributed by atoms with E-state index in [-0.39, 0.29) is 11.7 Å². The summed E-state index contributed by atoms with van der Waals surface area (Å²) >= 11 is 0. The van der Waals surface area contributed by atoms with Crippen molar-refractivity contribution in [2.45, 2.75) is 37.6 Å². The van der Waals surface area contributed by atoms with Crippen molar-refractivity contribution >= 4 is 5.91 Å². The molecule has 4 heteroatoms. The second-order valence-corrected chi connectivity index (χ2v) is 6.97. The van der Waals surface area contributed by atoms with Crippen molar-refractivity contribution in [3.63, 3.8) is 0 Å². The van der Waals surface area contributed by atoms with Crippen LogP contribution in [0.3, 0.4) is 0 Å². The zero-order chi connectivity index (χ0) is 15.1. The number of carbonyl (C=O) groups excluding carboxylic acids is 1. The van der Waals surface area contributed by atoms with Gasteiger partial charge in [-0.25, -0.2) is 4.39 Å². The molecule has 0 radical (unpaired) electrons. The van der Waals surface area contributed by atoms with Crippen molar-refractivity contribution in [2.75, 3.05) is 26.2 Å². The Morgan fingerprint density at radius 1 is 1.09 bits per heavy atom. The lowest BCUT2D eigenvalue weighted by molar-refractivity contribution is -0.131. The third-order valence-electron chi connectivity index (χ3n) is 5.54. The molecule has 4 rings (SSSR count). The van der Waals surface area contributed by atoms with E-state index in [1.165, 1.54) is 38.1 Å². The van der Waals surface area contributed by atoms with Gasteiger partial charge in [0, 0.05) is 25.0 Å². The van der Waals surface area contributed by atoms with Crippen LogP contribution in [0.25, 0.3) is 0 Å². The number of rotatable bonds is 3. The van der Waals surface area contributed by atoms with Gasteiger partial charge in [0.25, 0.3) is 0 Å². The minimum absolute atomic E-state index is 0.128. The summed E-state index contributed by atoms with van der Waals surface area (Å²) in [4.78, 5) is 17.3. The zero-order valence-electron chi connectivity index (χ0n) is 12.9. The fourth-order valence-corrected chi connectivity index (χ4v) is 4.13. The van der Waals surface area contributed by atoms with Gasteiger partial charge < -0.3 is 4.90 Å². The van der Waals surface area contributed by atoms with Crippen LogP contribution >= 0.6 is 0 Å². The molecular weight excluding hydrogens is 279 g/mol. The summed E-state index contributed by atoms with van der Waals surface area (Å²) in [5.74, 6) is 0.540. The van der Waals surface area contributed by atoms with Crippen LogP contribution in [0, 0.1) is 11.7 Å². The van der Waals surface area contributed by atoms with Gasteiger partial charge in [-0.1, -0.05) is 12.1 Å². The minimum Gasteiger partial charge on any atom is -0.341 e. The van der Waals surface area contributed by atoms with E-state index in [9.17, 15) is 9.18 Å². The molecule has 0 bridgehead atoms. The van der Waals surface area contributed by atoms with Gasteiger partial charge in [-0.3, -0.25) is 9.69 Å². The Hall–Kier alpha value is -1.42. The van der Waals surface area contributed by atoms with Crippen molar-refractivity contribution in [3.8, 4) is 0 Å². The molecule has 3 fully saturated rings. The Balaban J connectivity index is 1.34. The second kappa shape index (κ2) is 5.65. The van der Waals surface area contributed by atoms with E-state index < -0.39 is 0 Å². The SMILES string of the molecule is O=C(C1CC1c1ccc(F)cc1)N1CCC(N2CCCC2)C1. The molecular formula is C18H23FN2O. The molecule has 3 aliphatic rings. The molecule has 1 aromatic rings. The van der Waals surface area contributed by atoms with Gasteiger partial charge in [0.05, 0.1) is 0 Å². The molecule has 0 aromatic heterocycles. The van der Waals surface area contributed by atoms with Crippen molar-refractivity contribution < 1.29 is 9.18 Å². The molecule has 3 atom stereocenters. The van der Waals surface area contributed by atoms with E-state index in [1.54, 1.807) is 0 Å². The molecule has 1 saturated carbocycles. The Morgan fingerprint density at radius 2 is 1.82 bits per heavy atom. The fraction of sp³-hybridized carbons (Fsp3) is 0.611. The lowest BCUT2D eigenvalue weighted by Crippen LogP contribution is -2.37. The molecule has 1 aromatic carbocycles. The number of carbonyl (C=O) groups is 1. The number of hydrogen-bond acceptors (Lipinski definition) is 2. The first kappa shape index (κ1) is 14.2. The van der Waals surface area contributed by atoms with Crippen molar-refractivity contribution in [2.24, 2.45) is 5.92 Å². The van der Waals surface area contributed by atoms with E-state index in [1.807, 2.05) is 12.1 Å². The molecule has 118 valence electrons. The van der Waals surface area contributed by atoms with Gasteiger partial charge in [0.15, 0.2) is 0 Å². The molecule has 1 aliphatic carbocycles. The third-order valence-corrected chi connectivity index (χ3v) is 5.54. The van der Waals surface area contributed by atoms with Crippen LogP contribution in [0.15, 0.2) is 24.3 Å². The zero-order valence-corrected chi connectivity index (χ0v) is 12.9. The van der Waals surface area contributed by atoms with Crippen LogP contribution in [0.1, 0.15) is 37.2 Å². The van der Waals surface area contributed by atoms with E-state index >= 15 is 0 Å². The number of nitrogens with zero attached hydrogens (tertiary/aromatic N) is 2. The highest BCUT2D eigenvalue weighted by Gasteiger charge is 2.47. The lowest BCUT2D eigenvalue weighted by atomic mass is 10.1. The lowest BCUT2D eigenvalue weighted by Gasteiger charge is -2.23. The molecule has 0 N–H and O–H groups in total. The summed E-state index contributed by atoms with van der Waals surface area (Å²) in [6, 6.07) is 7.21. The van der Waals surface area contributed by atoms with Gasteiger partial charge in [0.1, 0.15) is 5.82 Å². The highest BCUT2D eigenvalue weighted by Crippen LogP contribution is 2.48. The van der Waals surface area contributed by atoms with Crippen molar-refractivity contribution in [1.29, 1.82) is 0 Å². The monoisotopic (exact) mass is 302 g/mol. The van der Waals surface area contributed by atoms with E-state index in [0.29, 0.717) is 17.9 Å². The maximum Gasteiger partial charge on any atom is 0.226 e. The number of likely N-dealkylation sites (tertiary alicyclic amines) is 2. The number of amides is 1. The second-order valence-electron chi connectivity index (χ2n) is 6.97. The van der Waals surface area contributed by atoms with Crippen LogP contribution in [-0.4, -0.2) is 47.9 Å². The Bertz CT molecular complexity index is 553. The molecule has 3 nitrogen and oxygen atoms in total. The maximum absolute atomic E-state index is 13.0. The van der Waals surface area contributed by atoms with E-state index in [4.69, 9.17) is 0 Å². The topological polar surface area (TPSA) is 23.6 Å². The number of benzene rings is 1. The standard InChI is InChI=1S/C18H23FN2O/c19-14-5-3-13(4-6-14)16-11-17(16)18(22)21-10-7-15(12-21)20-8-1-2-9-20/h3-6,15-17H,1-2,7-12H2. The van der Waals surface area contributed by atoms with Crippen LogP contribution < -0.4 is 0 Å². The fourth-order valence-electron chi connectivity index (χ4n) is 4.13. The highest BCUT2D eigenvalue weighted by atomic mass is 19.1. The maximum atomic E-state index is 13.0. The molecule has 22 heavy (non-hydrogen) atoms. The van der Waals surface area contributed by atoms with Gasteiger partial charge >= 0.3 is 0 Å². The molecule has 2 heterocycles. The molecule has 3 unspecified atom stereocenters. The average Bonchev–Trinajstić information content (AvgIpc) is 2.94. The summed E-state index contributed by atoms with van der Waals surface area (Å²) in [5.41, 5.74) is 1.11. The third kappa shape index (κ3) is 2.65. The first-order valence-corrected chi connectivity index (χ1v) is 8.50.